The Morgan fingerprint density at radius 1 is 1.24 bits per heavy atom. The molecule has 0 saturated carbocycles. The summed E-state index contributed by atoms with van der Waals surface area (Å²) in [6.45, 7) is 3.62. The number of hydrogen-bond acceptors (Lipinski definition) is 3. The molecule has 0 aliphatic carbocycles. The molecule has 2 aliphatic rings. The number of carboxylic acid groups (broad SMARTS) is 1. The first-order valence-corrected chi connectivity index (χ1v) is 7.26. The van der Waals surface area contributed by atoms with Crippen molar-refractivity contribution >= 4 is 17.6 Å². The highest BCUT2D eigenvalue weighted by molar-refractivity contribution is 5.97. The van der Waals surface area contributed by atoms with Crippen molar-refractivity contribution in [1.82, 2.24) is 0 Å². The van der Waals surface area contributed by atoms with Crippen LogP contribution in [-0.4, -0.2) is 29.2 Å². The normalized spacial score (nSPS) is 26.9. The van der Waals surface area contributed by atoms with Crippen molar-refractivity contribution < 1.29 is 19.4 Å². The summed E-state index contributed by atoms with van der Waals surface area (Å²) >= 11 is 0. The minimum absolute atomic E-state index is 0.0275. The van der Waals surface area contributed by atoms with Crippen LogP contribution in [0.2, 0.25) is 0 Å². The molecule has 2 saturated heterocycles. The van der Waals surface area contributed by atoms with E-state index in [4.69, 9.17) is 4.74 Å². The minimum Gasteiger partial charge on any atom is -0.478 e. The third kappa shape index (κ3) is 2.53. The van der Waals surface area contributed by atoms with Gasteiger partial charge in [0.1, 0.15) is 0 Å². The standard InChI is InChI=1S/C16H19NO4/c1-8-5-9(2)13(7-11(8)16(19)20)17-15(18)12-6-10-3-4-14(12)21-10/h5,7,10,12,14H,3-4,6H2,1-2H3,(H,17,18)(H,19,20). The topological polar surface area (TPSA) is 75.6 Å². The van der Waals surface area contributed by atoms with Crippen LogP contribution in [0.5, 0.6) is 0 Å². The molecular weight excluding hydrogens is 270 g/mol. The highest BCUT2D eigenvalue weighted by Crippen LogP contribution is 2.39. The Morgan fingerprint density at radius 2 is 2.00 bits per heavy atom. The molecule has 0 radical (unpaired) electrons. The molecule has 1 amide bonds. The molecule has 3 rings (SSSR count). The molecule has 3 atom stereocenters. The molecule has 1 aromatic rings. The highest BCUT2D eigenvalue weighted by atomic mass is 16.5. The second kappa shape index (κ2) is 5.15. The predicted octanol–water partition coefficient (Wildman–Crippen LogP) is 2.51. The van der Waals surface area contributed by atoms with Crippen LogP contribution in [0, 0.1) is 19.8 Å². The van der Waals surface area contributed by atoms with Crippen LogP contribution in [0.25, 0.3) is 0 Å². The number of carbonyl (C=O) groups is 2. The number of ether oxygens (including phenoxy) is 1. The van der Waals surface area contributed by atoms with Crippen LogP contribution < -0.4 is 5.32 Å². The number of carbonyl (C=O) groups excluding carboxylic acids is 1. The highest BCUT2D eigenvalue weighted by Gasteiger charge is 2.44. The van der Waals surface area contributed by atoms with Gasteiger partial charge in [0.2, 0.25) is 5.91 Å². The largest absolute Gasteiger partial charge is 0.478 e. The van der Waals surface area contributed by atoms with Gasteiger partial charge < -0.3 is 15.2 Å². The molecule has 112 valence electrons. The van der Waals surface area contributed by atoms with E-state index < -0.39 is 5.97 Å². The number of rotatable bonds is 3. The van der Waals surface area contributed by atoms with Gasteiger partial charge in [0, 0.05) is 5.69 Å². The summed E-state index contributed by atoms with van der Waals surface area (Å²) in [5, 5.41) is 12.1. The number of anilines is 1. The molecule has 5 heteroatoms. The lowest BCUT2D eigenvalue weighted by atomic mass is 9.88. The van der Waals surface area contributed by atoms with Gasteiger partial charge in [0.15, 0.2) is 0 Å². The van der Waals surface area contributed by atoms with Crippen LogP contribution in [-0.2, 0) is 9.53 Å². The van der Waals surface area contributed by atoms with E-state index in [1.54, 1.807) is 19.1 Å². The van der Waals surface area contributed by atoms with Crippen molar-refractivity contribution in [2.45, 2.75) is 45.3 Å². The van der Waals surface area contributed by atoms with Gasteiger partial charge >= 0.3 is 5.97 Å². The van der Waals surface area contributed by atoms with Gasteiger partial charge in [-0.2, -0.15) is 0 Å². The van der Waals surface area contributed by atoms with Crippen molar-refractivity contribution in [3.05, 3.63) is 28.8 Å². The fourth-order valence-electron chi connectivity index (χ4n) is 3.36. The number of fused-ring (bicyclic) bond motifs is 2. The number of aromatic carboxylic acids is 1. The maximum Gasteiger partial charge on any atom is 0.336 e. The van der Waals surface area contributed by atoms with Crippen LogP contribution in [0.4, 0.5) is 5.69 Å². The Balaban J connectivity index is 1.80. The van der Waals surface area contributed by atoms with E-state index in [1.807, 2.05) is 6.92 Å². The number of carboxylic acids is 1. The average molecular weight is 289 g/mol. The monoisotopic (exact) mass is 289 g/mol. The third-order valence-electron chi connectivity index (χ3n) is 4.50. The molecule has 2 fully saturated rings. The molecular formula is C16H19NO4. The van der Waals surface area contributed by atoms with E-state index in [-0.39, 0.29) is 29.6 Å². The Hall–Kier alpha value is -1.88. The molecule has 0 aromatic heterocycles. The lowest BCUT2D eigenvalue weighted by Crippen LogP contribution is -2.30. The van der Waals surface area contributed by atoms with E-state index in [0.717, 1.165) is 24.8 Å². The van der Waals surface area contributed by atoms with Crippen LogP contribution in [0.1, 0.15) is 40.7 Å². The summed E-state index contributed by atoms with van der Waals surface area (Å²) in [7, 11) is 0. The average Bonchev–Trinajstić information content (AvgIpc) is 3.03. The zero-order chi connectivity index (χ0) is 15.1. The van der Waals surface area contributed by atoms with Gasteiger partial charge in [-0.25, -0.2) is 4.79 Å². The molecule has 21 heavy (non-hydrogen) atoms. The van der Waals surface area contributed by atoms with E-state index in [9.17, 15) is 14.7 Å². The van der Waals surface area contributed by atoms with Gasteiger partial charge in [-0.3, -0.25) is 4.79 Å². The quantitative estimate of drug-likeness (QED) is 0.896. The van der Waals surface area contributed by atoms with Crippen molar-refractivity contribution in [2.24, 2.45) is 5.92 Å². The Labute approximate surface area is 123 Å². The molecule has 3 unspecified atom stereocenters. The lowest BCUT2D eigenvalue weighted by Gasteiger charge is -2.19. The maximum atomic E-state index is 12.4. The van der Waals surface area contributed by atoms with Crippen LogP contribution >= 0.6 is 0 Å². The van der Waals surface area contributed by atoms with E-state index in [2.05, 4.69) is 5.32 Å². The molecule has 1 aromatic carbocycles. The van der Waals surface area contributed by atoms with Crippen LogP contribution in [0.3, 0.4) is 0 Å². The number of aryl methyl sites for hydroxylation is 2. The maximum absolute atomic E-state index is 12.4. The summed E-state index contributed by atoms with van der Waals surface area (Å²) in [5.74, 6) is -1.16. The first kappa shape index (κ1) is 14.1. The van der Waals surface area contributed by atoms with Gasteiger partial charge in [-0.1, -0.05) is 6.07 Å². The predicted molar refractivity (Wildman–Crippen MR) is 77.5 cm³/mol. The summed E-state index contributed by atoms with van der Waals surface area (Å²) in [6, 6.07) is 3.33. The van der Waals surface area contributed by atoms with Crippen molar-refractivity contribution in [1.29, 1.82) is 0 Å². The Kier molecular flexibility index (Phi) is 3.45. The number of benzene rings is 1. The molecule has 2 aliphatic heterocycles. The first-order chi connectivity index (χ1) is 9.95. The van der Waals surface area contributed by atoms with E-state index in [1.165, 1.54) is 0 Å². The van der Waals surface area contributed by atoms with Crippen molar-refractivity contribution in [3.63, 3.8) is 0 Å². The number of hydrogen-bond donors (Lipinski definition) is 2. The fourth-order valence-corrected chi connectivity index (χ4v) is 3.36. The zero-order valence-electron chi connectivity index (χ0n) is 12.2. The second-order valence-corrected chi connectivity index (χ2v) is 5.99. The van der Waals surface area contributed by atoms with Crippen molar-refractivity contribution in [2.75, 3.05) is 5.32 Å². The number of amides is 1. The second-order valence-electron chi connectivity index (χ2n) is 5.99. The smallest absolute Gasteiger partial charge is 0.336 e. The van der Waals surface area contributed by atoms with Gasteiger partial charge in [0.25, 0.3) is 0 Å². The van der Waals surface area contributed by atoms with Crippen LogP contribution in [0.15, 0.2) is 12.1 Å². The molecule has 2 bridgehead atoms. The SMILES string of the molecule is Cc1cc(C)c(C(=O)O)cc1NC(=O)C1CC2CCC1O2. The van der Waals surface area contributed by atoms with E-state index >= 15 is 0 Å². The summed E-state index contributed by atoms with van der Waals surface area (Å²) in [6.07, 6.45) is 3.00. The van der Waals surface area contributed by atoms with Gasteiger partial charge in [0.05, 0.1) is 23.7 Å². The zero-order valence-corrected chi connectivity index (χ0v) is 12.2. The molecule has 5 nitrogen and oxygen atoms in total. The number of nitrogens with one attached hydrogen (secondary N) is 1. The van der Waals surface area contributed by atoms with Crippen molar-refractivity contribution in [3.8, 4) is 0 Å². The summed E-state index contributed by atoms with van der Waals surface area (Å²) in [5.41, 5.74) is 2.36. The summed E-state index contributed by atoms with van der Waals surface area (Å²) < 4.78 is 5.70. The lowest BCUT2D eigenvalue weighted by molar-refractivity contribution is -0.121. The molecule has 0 spiro atoms. The summed E-state index contributed by atoms with van der Waals surface area (Å²) in [4.78, 5) is 23.6. The minimum atomic E-state index is -0.980. The van der Waals surface area contributed by atoms with Gasteiger partial charge in [-0.15, -0.1) is 0 Å². The fraction of sp³-hybridized carbons (Fsp3) is 0.500. The molecule has 2 heterocycles. The van der Waals surface area contributed by atoms with E-state index in [0.29, 0.717) is 11.3 Å². The molecule has 2 N–H and O–H groups in total. The third-order valence-corrected chi connectivity index (χ3v) is 4.50. The van der Waals surface area contributed by atoms with Gasteiger partial charge in [-0.05, 0) is 50.3 Å². The Bertz CT molecular complexity index is 611. The first-order valence-electron chi connectivity index (χ1n) is 7.26. The Morgan fingerprint density at radius 3 is 2.57 bits per heavy atom.